The molecule has 0 amide bonds. The molecule has 0 saturated carbocycles. The van der Waals surface area contributed by atoms with Crippen LogP contribution in [0.5, 0.6) is 0 Å². The Kier molecular flexibility index (Phi) is 3.46. The Morgan fingerprint density at radius 3 is 2.25 bits per heavy atom. The third-order valence-corrected chi connectivity index (χ3v) is 3.71. The number of rotatable bonds is 2. The number of piperazine rings is 1. The number of hydrogen-bond donors (Lipinski definition) is 1. The number of nitrogen functional groups attached to an aromatic ring is 1. The van der Waals surface area contributed by atoms with Crippen molar-refractivity contribution in [3.05, 3.63) is 54.3 Å². The average molecular weight is 271 g/mol. The number of nitrogens with zero attached hydrogens (tertiary/aromatic N) is 2. The van der Waals surface area contributed by atoms with Crippen molar-refractivity contribution >= 4 is 17.1 Å². The number of nitrogens with two attached hydrogens (primary N) is 1. The molecule has 1 saturated heterocycles. The number of benzene rings is 2. The molecule has 1 fully saturated rings. The zero-order valence-electron chi connectivity index (χ0n) is 11.3. The fraction of sp³-hybridized carbons (Fsp3) is 0.250. The molecule has 0 aromatic heterocycles. The van der Waals surface area contributed by atoms with Crippen molar-refractivity contribution in [1.29, 1.82) is 0 Å². The van der Waals surface area contributed by atoms with E-state index in [9.17, 15) is 4.39 Å². The fourth-order valence-corrected chi connectivity index (χ4v) is 2.64. The summed E-state index contributed by atoms with van der Waals surface area (Å²) in [5.41, 5.74) is 8.43. The van der Waals surface area contributed by atoms with Crippen LogP contribution in [0.15, 0.2) is 48.5 Å². The van der Waals surface area contributed by atoms with E-state index in [2.05, 4.69) is 15.9 Å². The first-order valence-electron chi connectivity index (χ1n) is 6.84. The topological polar surface area (TPSA) is 32.5 Å². The summed E-state index contributed by atoms with van der Waals surface area (Å²) in [4.78, 5) is 4.38. The van der Waals surface area contributed by atoms with E-state index < -0.39 is 0 Å². The molecule has 104 valence electrons. The maximum absolute atomic E-state index is 13.8. The van der Waals surface area contributed by atoms with Gasteiger partial charge in [-0.05, 0) is 30.3 Å². The lowest BCUT2D eigenvalue weighted by atomic mass is 10.2. The Hall–Kier alpha value is -2.23. The summed E-state index contributed by atoms with van der Waals surface area (Å²) in [5, 5.41) is 0. The summed E-state index contributed by atoms with van der Waals surface area (Å²) in [6.45, 7) is 3.38. The molecule has 3 nitrogen and oxygen atoms in total. The Labute approximate surface area is 118 Å². The molecular weight excluding hydrogens is 253 g/mol. The zero-order valence-corrected chi connectivity index (χ0v) is 11.3. The summed E-state index contributed by atoms with van der Waals surface area (Å²) in [6, 6.07) is 14.9. The summed E-state index contributed by atoms with van der Waals surface area (Å²) in [5.74, 6) is -0.148. The Morgan fingerprint density at radius 1 is 0.850 bits per heavy atom. The zero-order chi connectivity index (χ0) is 13.9. The highest BCUT2D eigenvalue weighted by atomic mass is 19.1. The molecular formula is C16H18FN3. The maximum atomic E-state index is 13.8. The van der Waals surface area contributed by atoms with Crippen molar-refractivity contribution in [2.45, 2.75) is 0 Å². The highest BCUT2D eigenvalue weighted by molar-refractivity contribution is 5.57. The molecule has 1 aliphatic rings. The quantitative estimate of drug-likeness (QED) is 0.852. The number of hydrogen-bond acceptors (Lipinski definition) is 3. The van der Waals surface area contributed by atoms with E-state index in [0.29, 0.717) is 5.69 Å². The van der Waals surface area contributed by atoms with Crippen molar-refractivity contribution in [3.63, 3.8) is 0 Å². The summed E-state index contributed by atoms with van der Waals surface area (Å²) >= 11 is 0. The van der Waals surface area contributed by atoms with Gasteiger partial charge in [0.1, 0.15) is 5.82 Å². The minimum absolute atomic E-state index is 0.148. The van der Waals surface area contributed by atoms with Gasteiger partial charge in [-0.1, -0.05) is 18.2 Å². The van der Waals surface area contributed by atoms with Crippen LogP contribution in [0, 0.1) is 5.82 Å². The molecule has 4 heteroatoms. The third kappa shape index (κ3) is 2.54. The van der Waals surface area contributed by atoms with Gasteiger partial charge in [0.25, 0.3) is 0 Å². The first-order valence-corrected chi connectivity index (χ1v) is 6.84. The smallest absolute Gasteiger partial charge is 0.146 e. The first-order chi connectivity index (χ1) is 9.74. The predicted octanol–water partition coefficient (Wildman–Crippen LogP) is 2.73. The van der Waals surface area contributed by atoms with Gasteiger partial charge in [-0.2, -0.15) is 0 Å². The number of halogens is 1. The Bertz CT molecular complexity index is 592. The van der Waals surface area contributed by atoms with Gasteiger partial charge >= 0.3 is 0 Å². The van der Waals surface area contributed by atoms with Crippen LogP contribution in [-0.2, 0) is 0 Å². The minimum Gasteiger partial charge on any atom is -0.399 e. The lowest BCUT2D eigenvalue weighted by Gasteiger charge is -2.37. The van der Waals surface area contributed by atoms with Gasteiger partial charge in [-0.3, -0.25) is 0 Å². The van der Waals surface area contributed by atoms with E-state index in [4.69, 9.17) is 5.73 Å². The van der Waals surface area contributed by atoms with E-state index in [0.717, 1.165) is 37.6 Å². The van der Waals surface area contributed by atoms with Gasteiger partial charge in [-0.15, -0.1) is 0 Å². The van der Waals surface area contributed by atoms with Crippen LogP contribution in [0.4, 0.5) is 21.5 Å². The summed E-state index contributed by atoms with van der Waals surface area (Å²) in [6.07, 6.45) is 0. The van der Waals surface area contributed by atoms with E-state index in [1.807, 2.05) is 30.3 Å². The lowest BCUT2D eigenvalue weighted by molar-refractivity contribution is 0.598. The molecule has 1 heterocycles. The normalized spacial score (nSPS) is 15.4. The van der Waals surface area contributed by atoms with E-state index in [-0.39, 0.29) is 5.82 Å². The molecule has 3 rings (SSSR count). The molecule has 0 aliphatic carbocycles. The largest absolute Gasteiger partial charge is 0.399 e. The molecule has 0 atom stereocenters. The molecule has 0 radical (unpaired) electrons. The molecule has 0 unspecified atom stereocenters. The van der Waals surface area contributed by atoms with Crippen molar-refractivity contribution in [2.75, 3.05) is 41.7 Å². The van der Waals surface area contributed by atoms with Gasteiger partial charge in [-0.25, -0.2) is 4.39 Å². The second kappa shape index (κ2) is 5.41. The van der Waals surface area contributed by atoms with Crippen LogP contribution in [0.25, 0.3) is 0 Å². The highest BCUT2D eigenvalue weighted by Gasteiger charge is 2.19. The van der Waals surface area contributed by atoms with Gasteiger partial charge in [0.2, 0.25) is 0 Å². The van der Waals surface area contributed by atoms with Crippen LogP contribution >= 0.6 is 0 Å². The van der Waals surface area contributed by atoms with Gasteiger partial charge < -0.3 is 15.5 Å². The average Bonchev–Trinajstić information content (AvgIpc) is 2.48. The number of anilines is 3. The van der Waals surface area contributed by atoms with Crippen LogP contribution in [0.1, 0.15) is 0 Å². The second-order valence-corrected chi connectivity index (χ2v) is 5.02. The van der Waals surface area contributed by atoms with Gasteiger partial charge in [0.05, 0.1) is 5.69 Å². The monoisotopic (exact) mass is 271 g/mol. The second-order valence-electron chi connectivity index (χ2n) is 5.02. The molecule has 1 aliphatic heterocycles. The van der Waals surface area contributed by atoms with Gasteiger partial charge in [0, 0.05) is 37.6 Å². The third-order valence-electron chi connectivity index (χ3n) is 3.71. The van der Waals surface area contributed by atoms with Crippen LogP contribution in [0.3, 0.4) is 0 Å². The van der Waals surface area contributed by atoms with E-state index in [1.165, 1.54) is 6.07 Å². The van der Waals surface area contributed by atoms with Crippen molar-refractivity contribution in [3.8, 4) is 0 Å². The molecule has 2 aromatic rings. The van der Waals surface area contributed by atoms with Crippen molar-refractivity contribution < 1.29 is 4.39 Å². The van der Waals surface area contributed by atoms with Crippen molar-refractivity contribution in [1.82, 2.24) is 0 Å². The van der Waals surface area contributed by atoms with Crippen LogP contribution < -0.4 is 15.5 Å². The summed E-state index contributed by atoms with van der Waals surface area (Å²) in [7, 11) is 0. The fourth-order valence-electron chi connectivity index (χ4n) is 2.64. The molecule has 0 bridgehead atoms. The predicted molar refractivity (Wildman–Crippen MR) is 81.7 cm³/mol. The molecule has 0 spiro atoms. The van der Waals surface area contributed by atoms with Crippen LogP contribution in [0.2, 0.25) is 0 Å². The SMILES string of the molecule is Nc1cccc(N2CCN(c3ccccc3F)CC2)c1. The first kappa shape index (κ1) is 12.8. The highest BCUT2D eigenvalue weighted by Crippen LogP contribution is 2.23. The van der Waals surface area contributed by atoms with Gasteiger partial charge in [0.15, 0.2) is 0 Å². The Morgan fingerprint density at radius 2 is 1.55 bits per heavy atom. The van der Waals surface area contributed by atoms with Crippen LogP contribution in [-0.4, -0.2) is 26.2 Å². The molecule has 2 N–H and O–H groups in total. The van der Waals surface area contributed by atoms with Crippen molar-refractivity contribution in [2.24, 2.45) is 0 Å². The minimum atomic E-state index is -0.148. The lowest BCUT2D eigenvalue weighted by Crippen LogP contribution is -2.46. The maximum Gasteiger partial charge on any atom is 0.146 e. The molecule has 20 heavy (non-hydrogen) atoms. The number of para-hydroxylation sites is 1. The Balaban J connectivity index is 1.70. The molecule has 2 aromatic carbocycles. The summed E-state index contributed by atoms with van der Waals surface area (Å²) < 4.78 is 13.8. The standard InChI is InChI=1S/C16H18FN3/c17-15-6-1-2-7-16(15)20-10-8-19(9-11-20)14-5-3-4-13(18)12-14/h1-7,12H,8-11,18H2. The van der Waals surface area contributed by atoms with E-state index in [1.54, 1.807) is 6.07 Å². The van der Waals surface area contributed by atoms with E-state index >= 15 is 0 Å².